The van der Waals surface area contributed by atoms with E-state index in [1.807, 2.05) is 12.1 Å². The highest BCUT2D eigenvalue weighted by Crippen LogP contribution is 2.28. The second-order valence-electron chi connectivity index (χ2n) is 6.48. The lowest BCUT2D eigenvalue weighted by molar-refractivity contribution is 0.546. The van der Waals surface area contributed by atoms with E-state index in [2.05, 4.69) is 36.7 Å². The van der Waals surface area contributed by atoms with E-state index in [1.54, 1.807) is 0 Å². The van der Waals surface area contributed by atoms with Gasteiger partial charge in [0.2, 0.25) is 0 Å². The molecule has 1 aliphatic heterocycles. The molecule has 1 aromatic carbocycles. The number of nitrogens with zero attached hydrogens (tertiary/aromatic N) is 1. The fourth-order valence-electron chi connectivity index (χ4n) is 2.71. The molecule has 4 N–H and O–H groups in total. The van der Waals surface area contributed by atoms with Gasteiger partial charge in [-0.2, -0.15) is 0 Å². The van der Waals surface area contributed by atoms with Gasteiger partial charge in [0, 0.05) is 30.1 Å². The number of hydrogen-bond donors (Lipinski definition) is 2. The van der Waals surface area contributed by atoms with E-state index < -0.39 is 8.07 Å². The van der Waals surface area contributed by atoms with Crippen LogP contribution in [0.1, 0.15) is 6.42 Å². The van der Waals surface area contributed by atoms with Crippen molar-refractivity contribution in [3.05, 3.63) is 24.3 Å². The van der Waals surface area contributed by atoms with Crippen molar-refractivity contribution in [1.29, 1.82) is 0 Å². The van der Waals surface area contributed by atoms with Crippen LogP contribution >= 0.6 is 0 Å². The van der Waals surface area contributed by atoms with Crippen LogP contribution in [0.25, 0.3) is 0 Å². The summed E-state index contributed by atoms with van der Waals surface area (Å²) in [7, 11) is -1.23. The molecule has 1 saturated heterocycles. The summed E-state index contributed by atoms with van der Waals surface area (Å²) in [5, 5.41) is 0. The van der Waals surface area contributed by atoms with Crippen LogP contribution < -0.4 is 16.4 Å². The Morgan fingerprint density at radius 1 is 1.22 bits per heavy atom. The third kappa shape index (κ3) is 2.87. The predicted octanol–water partition coefficient (Wildman–Crippen LogP) is 2.30. The summed E-state index contributed by atoms with van der Waals surface area (Å²) >= 11 is 0. The number of nitrogens with two attached hydrogens (primary N) is 2. The van der Waals surface area contributed by atoms with Crippen molar-refractivity contribution in [3.63, 3.8) is 0 Å². The summed E-state index contributed by atoms with van der Waals surface area (Å²) in [6.45, 7) is 9.30. The summed E-state index contributed by atoms with van der Waals surface area (Å²) in [6.07, 6.45) is 1.22. The first-order valence-electron chi connectivity index (χ1n) is 6.74. The van der Waals surface area contributed by atoms with Gasteiger partial charge in [-0.3, -0.25) is 0 Å². The molecular weight excluding hydrogens is 238 g/mol. The normalized spacial score (nSPS) is 22.2. The Morgan fingerprint density at radius 2 is 1.83 bits per heavy atom. The molecule has 1 fully saturated rings. The smallest absolute Gasteiger partial charge is 0.0636 e. The molecule has 0 saturated carbocycles. The van der Waals surface area contributed by atoms with Crippen molar-refractivity contribution >= 4 is 19.4 Å². The van der Waals surface area contributed by atoms with Gasteiger partial charge in [-0.15, -0.1) is 0 Å². The molecule has 1 aliphatic rings. The minimum absolute atomic E-state index is 0.399. The van der Waals surface area contributed by atoms with Crippen molar-refractivity contribution in [3.8, 4) is 0 Å². The van der Waals surface area contributed by atoms with Gasteiger partial charge in [0.15, 0.2) is 0 Å². The van der Waals surface area contributed by atoms with Crippen LogP contribution in [-0.2, 0) is 0 Å². The van der Waals surface area contributed by atoms with Crippen molar-refractivity contribution in [1.82, 2.24) is 0 Å². The predicted molar refractivity (Wildman–Crippen MR) is 82.5 cm³/mol. The van der Waals surface area contributed by atoms with E-state index in [4.69, 9.17) is 11.5 Å². The van der Waals surface area contributed by atoms with Gasteiger partial charge in [0.05, 0.1) is 8.07 Å². The third-order valence-corrected chi connectivity index (χ3v) is 6.46. The Kier molecular flexibility index (Phi) is 3.68. The first-order valence-corrected chi connectivity index (χ1v) is 10.3. The van der Waals surface area contributed by atoms with Crippen molar-refractivity contribution in [2.24, 2.45) is 11.7 Å². The molecule has 2 unspecified atom stereocenters. The highest BCUT2D eigenvalue weighted by atomic mass is 28.3. The van der Waals surface area contributed by atoms with Gasteiger partial charge >= 0.3 is 0 Å². The Labute approximate surface area is 111 Å². The molecule has 0 radical (unpaired) electrons. The van der Waals surface area contributed by atoms with Gasteiger partial charge in [0.1, 0.15) is 0 Å². The molecular formula is C14H25N3Si. The average molecular weight is 263 g/mol. The van der Waals surface area contributed by atoms with E-state index in [0.29, 0.717) is 11.6 Å². The lowest BCUT2D eigenvalue weighted by Gasteiger charge is -2.30. The molecule has 2 rings (SSSR count). The molecule has 1 aromatic rings. The first-order chi connectivity index (χ1) is 8.38. The minimum Gasteiger partial charge on any atom is -0.399 e. The standard InChI is InChI=1S/C14H25N3Si/c1-18(2,3)14(16)11-8-9-17(10-11)13-6-4-12(15)5-7-13/h4-7,11,14H,8-10,15-16H2,1-3H3. The van der Waals surface area contributed by atoms with Crippen LogP contribution in [0.4, 0.5) is 11.4 Å². The summed E-state index contributed by atoms with van der Waals surface area (Å²) in [6, 6.07) is 8.16. The maximum Gasteiger partial charge on any atom is 0.0636 e. The number of hydrogen-bond acceptors (Lipinski definition) is 3. The highest BCUT2D eigenvalue weighted by Gasteiger charge is 2.34. The summed E-state index contributed by atoms with van der Waals surface area (Å²) < 4.78 is 0. The third-order valence-electron chi connectivity index (χ3n) is 3.99. The zero-order valence-electron chi connectivity index (χ0n) is 11.7. The van der Waals surface area contributed by atoms with E-state index in [9.17, 15) is 0 Å². The fraction of sp³-hybridized carbons (Fsp3) is 0.571. The van der Waals surface area contributed by atoms with Crippen LogP contribution in [0.5, 0.6) is 0 Å². The summed E-state index contributed by atoms with van der Waals surface area (Å²) in [4.78, 5) is 2.43. The van der Waals surface area contributed by atoms with Crippen molar-refractivity contribution < 1.29 is 0 Å². The molecule has 1 heterocycles. The number of benzene rings is 1. The molecule has 0 spiro atoms. The summed E-state index contributed by atoms with van der Waals surface area (Å²) in [5.74, 6) is 0.647. The van der Waals surface area contributed by atoms with E-state index in [0.717, 1.165) is 18.8 Å². The molecule has 0 aliphatic carbocycles. The minimum atomic E-state index is -1.23. The van der Waals surface area contributed by atoms with Gasteiger partial charge in [-0.05, 0) is 36.6 Å². The molecule has 18 heavy (non-hydrogen) atoms. The van der Waals surface area contributed by atoms with Gasteiger partial charge < -0.3 is 16.4 Å². The molecule has 2 atom stereocenters. The average Bonchev–Trinajstić information content (AvgIpc) is 2.77. The summed E-state index contributed by atoms with van der Waals surface area (Å²) in [5.41, 5.74) is 14.7. The van der Waals surface area contributed by atoms with E-state index >= 15 is 0 Å². The maximum absolute atomic E-state index is 6.44. The topological polar surface area (TPSA) is 55.3 Å². The number of nitrogen functional groups attached to an aromatic ring is 1. The fourth-order valence-corrected chi connectivity index (χ4v) is 4.39. The van der Waals surface area contributed by atoms with Gasteiger partial charge in [-0.25, -0.2) is 0 Å². The second kappa shape index (κ2) is 4.94. The molecule has 0 aromatic heterocycles. The molecule has 100 valence electrons. The largest absolute Gasteiger partial charge is 0.399 e. The van der Waals surface area contributed by atoms with Crippen molar-refractivity contribution in [2.45, 2.75) is 31.7 Å². The van der Waals surface area contributed by atoms with Crippen molar-refractivity contribution in [2.75, 3.05) is 23.7 Å². The zero-order chi connectivity index (χ0) is 13.3. The van der Waals surface area contributed by atoms with Crippen LogP contribution in [-0.4, -0.2) is 26.8 Å². The Morgan fingerprint density at radius 3 is 2.39 bits per heavy atom. The highest BCUT2D eigenvalue weighted by molar-refractivity contribution is 6.77. The SMILES string of the molecule is C[Si](C)(C)C(N)C1CCN(c2ccc(N)cc2)C1. The molecule has 0 bridgehead atoms. The van der Waals surface area contributed by atoms with E-state index in [-0.39, 0.29) is 0 Å². The lowest BCUT2D eigenvalue weighted by Crippen LogP contribution is -2.50. The van der Waals surface area contributed by atoms with Crippen LogP contribution in [0.3, 0.4) is 0 Å². The maximum atomic E-state index is 6.44. The van der Waals surface area contributed by atoms with Gasteiger partial charge in [-0.1, -0.05) is 19.6 Å². The first kappa shape index (κ1) is 13.4. The zero-order valence-corrected chi connectivity index (χ0v) is 12.7. The van der Waals surface area contributed by atoms with Crippen LogP contribution in [0, 0.1) is 5.92 Å². The van der Waals surface area contributed by atoms with Gasteiger partial charge in [0.25, 0.3) is 0 Å². The number of anilines is 2. The molecule has 4 heteroatoms. The van der Waals surface area contributed by atoms with Crippen LogP contribution in [0.15, 0.2) is 24.3 Å². The van der Waals surface area contributed by atoms with E-state index in [1.165, 1.54) is 12.1 Å². The molecule has 3 nitrogen and oxygen atoms in total. The monoisotopic (exact) mass is 263 g/mol. The second-order valence-corrected chi connectivity index (χ2v) is 11.9. The lowest BCUT2D eigenvalue weighted by atomic mass is 10.1. The molecule has 0 amide bonds. The Balaban J connectivity index is 2.02. The number of rotatable bonds is 3. The quantitative estimate of drug-likeness (QED) is 0.650. The Bertz CT molecular complexity index is 396. The Hall–Kier alpha value is -1.00. The van der Waals surface area contributed by atoms with Crippen LogP contribution in [0.2, 0.25) is 19.6 Å².